The fraction of sp³-hybridized carbons (Fsp3) is 0.400. The zero-order chi connectivity index (χ0) is 16.0. The van der Waals surface area contributed by atoms with Crippen LogP contribution in [0.5, 0.6) is 0 Å². The Labute approximate surface area is 133 Å². The summed E-state index contributed by atoms with van der Waals surface area (Å²) in [7, 11) is -0.928. The highest BCUT2D eigenvalue weighted by Crippen LogP contribution is 2.32. The zero-order valence-electron chi connectivity index (χ0n) is 12.8. The van der Waals surface area contributed by atoms with Crippen LogP contribution in [0.25, 0.3) is 0 Å². The minimum atomic E-state index is -0.928. The second kappa shape index (κ2) is 5.47. The molecule has 1 aliphatic carbocycles. The third kappa shape index (κ3) is 2.44. The van der Waals surface area contributed by atoms with Gasteiger partial charge in [0.2, 0.25) is 0 Å². The second-order valence-electron chi connectivity index (χ2n) is 6.08. The molecule has 0 unspecified atom stereocenters. The minimum Gasteiger partial charge on any atom is -0.423 e. The number of amides is 1. The third-order valence-corrected chi connectivity index (χ3v) is 4.63. The van der Waals surface area contributed by atoms with Crippen molar-refractivity contribution in [2.24, 2.45) is 0 Å². The monoisotopic (exact) mass is 312 g/mol. The molecule has 2 heterocycles. The molecule has 0 spiro atoms. The summed E-state index contributed by atoms with van der Waals surface area (Å²) in [5.41, 5.74) is 3.36. The highest BCUT2D eigenvalue weighted by molar-refractivity contribution is 6.61. The number of nitrogens with one attached hydrogen (secondary N) is 1. The van der Waals surface area contributed by atoms with Gasteiger partial charge in [0.15, 0.2) is 5.69 Å². The van der Waals surface area contributed by atoms with E-state index in [1.54, 1.807) is 12.1 Å². The lowest BCUT2D eigenvalue weighted by Crippen LogP contribution is -2.28. The van der Waals surface area contributed by atoms with Crippen molar-refractivity contribution in [3.63, 3.8) is 0 Å². The summed E-state index contributed by atoms with van der Waals surface area (Å²) >= 11 is 0. The number of hydrogen-bond acceptors (Lipinski definition) is 5. The van der Waals surface area contributed by atoms with Crippen LogP contribution in [0, 0.1) is 6.92 Å². The van der Waals surface area contributed by atoms with Gasteiger partial charge in [0.05, 0.1) is 18.3 Å². The molecule has 4 rings (SSSR count). The number of carbonyl (C=O) groups excluding carboxylic acids is 1. The second-order valence-corrected chi connectivity index (χ2v) is 6.08. The average Bonchev–Trinajstić information content (AvgIpc) is 3.02. The van der Waals surface area contributed by atoms with Crippen molar-refractivity contribution in [1.29, 1.82) is 0 Å². The summed E-state index contributed by atoms with van der Waals surface area (Å²) in [6, 6.07) is 5.75. The predicted octanol–water partition coefficient (Wildman–Crippen LogP) is 0.782. The van der Waals surface area contributed by atoms with Gasteiger partial charge in [-0.2, -0.15) is 0 Å². The highest BCUT2D eigenvalue weighted by Gasteiger charge is 2.28. The molecule has 0 bridgehead atoms. The number of benzene rings is 1. The maximum atomic E-state index is 12.4. The van der Waals surface area contributed by atoms with Crippen molar-refractivity contribution >= 4 is 24.2 Å². The van der Waals surface area contributed by atoms with Crippen LogP contribution >= 0.6 is 0 Å². The van der Waals surface area contributed by atoms with Gasteiger partial charge in [-0.3, -0.25) is 4.79 Å². The predicted molar refractivity (Wildman–Crippen MR) is 84.4 cm³/mol. The van der Waals surface area contributed by atoms with Crippen LogP contribution in [0.15, 0.2) is 18.2 Å². The van der Waals surface area contributed by atoms with Gasteiger partial charge >= 0.3 is 7.12 Å². The van der Waals surface area contributed by atoms with Crippen molar-refractivity contribution in [3.8, 4) is 0 Å². The molecule has 2 aromatic rings. The lowest BCUT2D eigenvalue weighted by molar-refractivity contribution is 0.102. The third-order valence-electron chi connectivity index (χ3n) is 4.63. The number of carbonyl (C=O) groups is 1. The maximum absolute atomic E-state index is 12.4. The van der Waals surface area contributed by atoms with Crippen LogP contribution in [0.2, 0.25) is 0 Å². The van der Waals surface area contributed by atoms with Gasteiger partial charge in [0.25, 0.3) is 5.91 Å². The van der Waals surface area contributed by atoms with Crippen molar-refractivity contribution in [2.75, 3.05) is 5.32 Å². The van der Waals surface area contributed by atoms with Gasteiger partial charge < -0.3 is 15.0 Å². The Morgan fingerprint density at radius 1 is 1.48 bits per heavy atom. The molecule has 1 aliphatic heterocycles. The van der Waals surface area contributed by atoms with Crippen LogP contribution in [0.1, 0.15) is 47.1 Å². The number of fused-ring (bicyclic) bond motifs is 1. The first kappa shape index (κ1) is 14.4. The molecule has 23 heavy (non-hydrogen) atoms. The Balaban J connectivity index is 1.54. The van der Waals surface area contributed by atoms with Gasteiger partial charge in [-0.25, -0.2) is 4.68 Å². The summed E-state index contributed by atoms with van der Waals surface area (Å²) in [6.45, 7) is 2.26. The van der Waals surface area contributed by atoms with Gasteiger partial charge in [0.1, 0.15) is 0 Å². The number of rotatable bonds is 3. The van der Waals surface area contributed by atoms with Gasteiger partial charge in [0, 0.05) is 5.69 Å². The SMILES string of the molecule is Cc1c(C(=O)Nc2ccc3c(c2)B(O)OC3)nnn1C1CCC1. The van der Waals surface area contributed by atoms with E-state index in [2.05, 4.69) is 15.6 Å². The lowest BCUT2D eigenvalue weighted by Gasteiger charge is -2.26. The minimum absolute atomic E-state index is 0.290. The van der Waals surface area contributed by atoms with Crippen molar-refractivity contribution in [3.05, 3.63) is 35.2 Å². The fourth-order valence-corrected chi connectivity index (χ4v) is 3.01. The number of anilines is 1. The van der Waals surface area contributed by atoms with Crippen LogP contribution in [0.3, 0.4) is 0 Å². The molecular weight excluding hydrogens is 295 g/mol. The van der Waals surface area contributed by atoms with E-state index in [1.807, 2.05) is 17.7 Å². The smallest absolute Gasteiger partial charge is 0.423 e. The fourth-order valence-electron chi connectivity index (χ4n) is 3.01. The standard InChI is InChI=1S/C15H17BN4O3/c1-9-14(18-19-20(9)12-3-2-4-12)15(21)17-11-6-5-10-8-23-16(22)13(10)7-11/h5-7,12,22H,2-4,8H2,1H3,(H,17,21). The molecule has 8 heteroatoms. The summed E-state index contributed by atoms with van der Waals surface area (Å²) < 4.78 is 7.00. The van der Waals surface area contributed by atoms with E-state index in [-0.39, 0.29) is 5.91 Å². The van der Waals surface area contributed by atoms with Crippen LogP contribution in [-0.2, 0) is 11.3 Å². The number of nitrogens with zero attached hydrogens (tertiary/aromatic N) is 3. The lowest BCUT2D eigenvalue weighted by atomic mass is 9.79. The average molecular weight is 312 g/mol. The van der Waals surface area contributed by atoms with E-state index in [0.29, 0.717) is 29.5 Å². The summed E-state index contributed by atoms with van der Waals surface area (Å²) in [5, 5.41) is 20.7. The van der Waals surface area contributed by atoms with Gasteiger partial charge in [-0.1, -0.05) is 11.3 Å². The molecule has 2 N–H and O–H groups in total. The Bertz CT molecular complexity index is 772. The van der Waals surface area contributed by atoms with E-state index < -0.39 is 7.12 Å². The number of aromatic nitrogens is 3. The molecule has 7 nitrogen and oxygen atoms in total. The zero-order valence-corrected chi connectivity index (χ0v) is 12.8. The molecule has 0 atom stereocenters. The van der Waals surface area contributed by atoms with Crippen molar-refractivity contribution in [1.82, 2.24) is 15.0 Å². The molecule has 2 aliphatic rings. The van der Waals surface area contributed by atoms with Crippen LogP contribution in [-0.4, -0.2) is 33.0 Å². The molecule has 1 saturated carbocycles. The number of hydrogen-bond donors (Lipinski definition) is 2. The molecule has 0 radical (unpaired) electrons. The van der Waals surface area contributed by atoms with E-state index in [0.717, 1.165) is 24.1 Å². The first-order chi connectivity index (χ1) is 11.1. The van der Waals surface area contributed by atoms with Crippen LogP contribution in [0.4, 0.5) is 5.69 Å². The van der Waals surface area contributed by atoms with Crippen molar-refractivity contribution in [2.45, 2.75) is 38.8 Å². The van der Waals surface area contributed by atoms with E-state index in [1.165, 1.54) is 6.42 Å². The Morgan fingerprint density at radius 3 is 3.04 bits per heavy atom. The molecular formula is C15H17BN4O3. The van der Waals surface area contributed by atoms with E-state index in [4.69, 9.17) is 4.65 Å². The summed E-state index contributed by atoms with van der Waals surface area (Å²) in [5.74, 6) is -0.290. The molecule has 1 aromatic heterocycles. The molecule has 0 saturated heterocycles. The first-order valence-electron chi connectivity index (χ1n) is 7.79. The van der Waals surface area contributed by atoms with Gasteiger partial charge in [-0.05, 0) is 49.3 Å². The Morgan fingerprint density at radius 2 is 2.30 bits per heavy atom. The molecule has 1 fully saturated rings. The van der Waals surface area contributed by atoms with Gasteiger partial charge in [-0.15, -0.1) is 5.10 Å². The normalized spacial score (nSPS) is 17.0. The molecule has 1 aromatic carbocycles. The molecule has 118 valence electrons. The van der Waals surface area contributed by atoms with E-state index in [9.17, 15) is 9.82 Å². The first-order valence-corrected chi connectivity index (χ1v) is 7.79. The van der Waals surface area contributed by atoms with Crippen molar-refractivity contribution < 1.29 is 14.5 Å². The van der Waals surface area contributed by atoms with Crippen LogP contribution < -0.4 is 10.8 Å². The quantitative estimate of drug-likeness (QED) is 0.818. The summed E-state index contributed by atoms with van der Waals surface area (Å²) in [6.07, 6.45) is 3.38. The molecule has 1 amide bonds. The largest absolute Gasteiger partial charge is 0.491 e. The van der Waals surface area contributed by atoms with E-state index >= 15 is 0 Å². The summed E-state index contributed by atoms with van der Waals surface area (Å²) in [4.78, 5) is 12.4. The highest BCUT2D eigenvalue weighted by atomic mass is 16.5. The Hall–Kier alpha value is -2.19. The maximum Gasteiger partial charge on any atom is 0.491 e. The topological polar surface area (TPSA) is 89.3 Å². The Kier molecular flexibility index (Phi) is 3.43.